The SMILES string of the molecule is COCCn1c(SCC(=O)N2C(C)CCCC2C)nnc1-c1ccc(S(=O)(=O)N2CCCCC2)cc1. The van der Waals surface area contributed by atoms with Crippen LogP contribution in [0.2, 0.25) is 0 Å². The number of piperidine rings is 2. The molecular formula is C25H37N5O4S2. The van der Waals surface area contributed by atoms with E-state index in [1.165, 1.54) is 11.8 Å². The van der Waals surface area contributed by atoms with Crippen molar-refractivity contribution in [2.24, 2.45) is 0 Å². The van der Waals surface area contributed by atoms with Crippen molar-refractivity contribution in [3.63, 3.8) is 0 Å². The average molecular weight is 536 g/mol. The number of carbonyl (C=O) groups is 1. The van der Waals surface area contributed by atoms with Crippen molar-refractivity contribution in [1.82, 2.24) is 24.0 Å². The molecule has 198 valence electrons. The highest BCUT2D eigenvalue weighted by atomic mass is 32.2. The summed E-state index contributed by atoms with van der Waals surface area (Å²) < 4.78 is 34.8. The summed E-state index contributed by atoms with van der Waals surface area (Å²) >= 11 is 1.39. The molecule has 0 aliphatic carbocycles. The first-order valence-corrected chi connectivity index (χ1v) is 15.2. The van der Waals surface area contributed by atoms with Crippen molar-refractivity contribution in [2.45, 2.75) is 81.1 Å². The summed E-state index contributed by atoms with van der Waals surface area (Å²) in [6, 6.07) is 7.35. The minimum absolute atomic E-state index is 0.120. The monoisotopic (exact) mass is 535 g/mol. The lowest BCUT2D eigenvalue weighted by Crippen LogP contribution is -2.48. The largest absolute Gasteiger partial charge is 0.383 e. The third-order valence-electron chi connectivity index (χ3n) is 7.11. The van der Waals surface area contributed by atoms with Gasteiger partial charge in [0.1, 0.15) is 0 Å². The molecular weight excluding hydrogens is 498 g/mol. The van der Waals surface area contributed by atoms with Crippen LogP contribution < -0.4 is 0 Å². The van der Waals surface area contributed by atoms with Gasteiger partial charge in [-0.15, -0.1) is 10.2 Å². The molecule has 0 saturated carbocycles. The second-order valence-corrected chi connectivity index (χ2v) is 12.5. The lowest BCUT2D eigenvalue weighted by Gasteiger charge is -2.39. The summed E-state index contributed by atoms with van der Waals surface area (Å²) in [6.45, 7) is 6.38. The maximum atomic E-state index is 13.0. The number of likely N-dealkylation sites (tertiary alicyclic amines) is 1. The molecule has 11 heteroatoms. The Morgan fingerprint density at radius 2 is 1.69 bits per heavy atom. The van der Waals surface area contributed by atoms with Crippen LogP contribution in [0.5, 0.6) is 0 Å². The third kappa shape index (κ3) is 5.95. The number of hydrogen-bond donors (Lipinski definition) is 0. The van der Waals surface area contributed by atoms with Gasteiger partial charge in [-0.05, 0) is 70.2 Å². The van der Waals surface area contributed by atoms with Gasteiger partial charge < -0.3 is 9.64 Å². The third-order valence-corrected chi connectivity index (χ3v) is 9.97. The summed E-state index contributed by atoms with van der Waals surface area (Å²) in [5.41, 5.74) is 0.771. The molecule has 0 bridgehead atoms. The van der Waals surface area contributed by atoms with Crippen LogP contribution in [-0.4, -0.2) is 82.9 Å². The van der Waals surface area contributed by atoms with Crippen LogP contribution in [0.4, 0.5) is 0 Å². The van der Waals surface area contributed by atoms with Gasteiger partial charge in [-0.1, -0.05) is 18.2 Å². The number of amides is 1. The van der Waals surface area contributed by atoms with Gasteiger partial charge in [0.25, 0.3) is 0 Å². The standard InChI is InChI=1S/C25H37N5O4S2/c1-19-8-7-9-20(2)30(19)23(31)18-35-25-27-26-24(29(25)16-17-34-3)21-10-12-22(13-11-21)36(32,33)28-14-5-4-6-15-28/h10-13,19-20H,4-9,14-18H2,1-3H3. The second-order valence-electron chi connectivity index (χ2n) is 9.66. The van der Waals surface area contributed by atoms with E-state index in [4.69, 9.17) is 4.74 Å². The second kappa shape index (κ2) is 12.1. The zero-order valence-electron chi connectivity index (χ0n) is 21.4. The smallest absolute Gasteiger partial charge is 0.243 e. The number of aromatic nitrogens is 3. The van der Waals surface area contributed by atoms with Gasteiger partial charge in [-0.3, -0.25) is 9.36 Å². The number of hydrogen-bond acceptors (Lipinski definition) is 7. The predicted molar refractivity (Wildman–Crippen MR) is 140 cm³/mol. The Labute approximate surface area is 218 Å². The van der Waals surface area contributed by atoms with E-state index in [2.05, 4.69) is 24.0 Å². The molecule has 2 fully saturated rings. The molecule has 36 heavy (non-hydrogen) atoms. The molecule has 2 atom stereocenters. The lowest BCUT2D eigenvalue weighted by molar-refractivity contribution is -0.134. The molecule has 2 aliphatic rings. The van der Waals surface area contributed by atoms with E-state index in [0.29, 0.717) is 47.9 Å². The van der Waals surface area contributed by atoms with E-state index in [1.807, 2.05) is 9.47 Å². The molecule has 2 aromatic rings. The molecule has 3 heterocycles. The first-order valence-electron chi connectivity index (χ1n) is 12.8. The molecule has 1 amide bonds. The van der Waals surface area contributed by atoms with Gasteiger partial charge >= 0.3 is 0 Å². The van der Waals surface area contributed by atoms with Crippen LogP contribution >= 0.6 is 11.8 Å². The zero-order valence-corrected chi connectivity index (χ0v) is 23.1. The number of benzene rings is 1. The van der Waals surface area contributed by atoms with Crippen LogP contribution in [0.15, 0.2) is 34.3 Å². The maximum Gasteiger partial charge on any atom is 0.243 e. The van der Waals surface area contributed by atoms with Gasteiger partial charge in [0.15, 0.2) is 11.0 Å². The summed E-state index contributed by atoms with van der Waals surface area (Å²) in [5.74, 6) is 1.05. The molecule has 0 spiro atoms. The van der Waals surface area contributed by atoms with Crippen molar-refractivity contribution in [3.8, 4) is 11.4 Å². The Hall–Kier alpha value is -1.95. The number of carbonyl (C=O) groups excluding carboxylic acids is 1. The number of nitrogens with zero attached hydrogens (tertiary/aromatic N) is 5. The fraction of sp³-hybridized carbons (Fsp3) is 0.640. The van der Waals surface area contributed by atoms with Crippen molar-refractivity contribution in [3.05, 3.63) is 24.3 Å². The molecule has 0 N–H and O–H groups in total. The molecule has 2 aliphatic heterocycles. The quantitative estimate of drug-likeness (QED) is 0.452. The topological polar surface area (TPSA) is 97.6 Å². The molecule has 0 radical (unpaired) electrons. The van der Waals surface area contributed by atoms with Crippen LogP contribution in [0, 0.1) is 0 Å². The number of sulfonamides is 1. The van der Waals surface area contributed by atoms with Gasteiger partial charge in [0.05, 0.1) is 23.8 Å². The van der Waals surface area contributed by atoms with Crippen LogP contribution in [0.1, 0.15) is 52.4 Å². The fourth-order valence-electron chi connectivity index (χ4n) is 5.14. The summed E-state index contributed by atoms with van der Waals surface area (Å²) in [5, 5.41) is 9.41. The Kier molecular flexibility index (Phi) is 9.08. The van der Waals surface area contributed by atoms with Gasteiger partial charge in [-0.25, -0.2) is 8.42 Å². The maximum absolute atomic E-state index is 13.0. The minimum atomic E-state index is -3.49. The van der Waals surface area contributed by atoms with E-state index in [-0.39, 0.29) is 18.0 Å². The Bertz CT molecular complexity index is 1120. The number of thioether (sulfide) groups is 1. The van der Waals surface area contributed by atoms with Gasteiger partial charge in [0, 0.05) is 37.8 Å². The fourth-order valence-corrected chi connectivity index (χ4v) is 7.49. The first-order chi connectivity index (χ1) is 17.3. The summed E-state index contributed by atoms with van der Waals surface area (Å²) in [6.07, 6.45) is 6.11. The minimum Gasteiger partial charge on any atom is -0.383 e. The highest BCUT2D eigenvalue weighted by Gasteiger charge is 2.29. The Balaban J connectivity index is 1.51. The van der Waals surface area contributed by atoms with E-state index >= 15 is 0 Å². The zero-order chi connectivity index (χ0) is 25.7. The lowest BCUT2D eigenvalue weighted by atomic mass is 9.98. The predicted octanol–water partition coefficient (Wildman–Crippen LogP) is 3.65. The van der Waals surface area contributed by atoms with Crippen LogP contribution in [0.25, 0.3) is 11.4 Å². The van der Waals surface area contributed by atoms with Crippen LogP contribution in [-0.2, 0) is 26.1 Å². The number of ether oxygens (including phenoxy) is 1. The molecule has 1 aromatic carbocycles. The number of methoxy groups -OCH3 is 1. The van der Waals surface area contributed by atoms with Crippen LogP contribution in [0.3, 0.4) is 0 Å². The van der Waals surface area contributed by atoms with Gasteiger partial charge in [0.2, 0.25) is 15.9 Å². The van der Waals surface area contributed by atoms with Crippen molar-refractivity contribution < 1.29 is 17.9 Å². The average Bonchev–Trinajstić information content (AvgIpc) is 3.29. The van der Waals surface area contributed by atoms with E-state index in [9.17, 15) is 13.2 Å². The van der Waals surface area contributed by atoms with E-state index in [1.54, 1.807) is 35.7 Å². The molecule has 2 unspecified atom stereocenters. The number of rotatable bonds is 9. The highest BCUT2D eigenvalue weighted by Crippen LogP contribution is 2.28. The normalized spacial score (nSPS) is 21.6. The summed E-state index contributed by atoms with van der Waals surface area (Å²) in [4.78, 5) is 15.3. The van der Waals surface area contributed by atoms with E-state index < -0.39 is 10.0 Å². The first kappa shape index (κ1) is 27.1. The van der Waals surface area contributed by atoms with Crippen molar-refractivity contribution in [2.75, 3.05) is 32.6 Å². The Morgan fingerprint density at radius 3 is 2.33 bits per heavy atom. The molecule has 2 saturated heterocycles. The van der Waals surface area contributed by atoms with Gasteiger partial charge in [-0.2, -0.15) is 4.31 Å². The molecule has 4 rings (SSSR count). The van der Waals surface area contributed by atoms with Crippen molar-refractivity contribution in [1.29, 1.82) is 0 Å². The van der Waals surface area contributed by atoms with E-state index in [0.717, 1.165) is 44.1 Å². The molecule has 1 aromatic heterocycles. The highest BCUT2D eigenvalue weighted by molar-refractivity contribution is 7.99. The summed E-state index contributed by atoms with van der Waals surface area (Å²) in [7, 11) is -1.86. The Morgan fingerprint density at radius 1 is 1.03 bits per heavy atom. The van der Waals surface area contributed by atoms with Crippen molar-refractivity contribution >= 4 is 27.7 Å². The molecule has 9 nitrogen and oxygen atoms in total.